The number of halogens is 19. The average Bonchev–Trinajstić information content (AvgIpc) is 3.27. The summed E-state index contributed by atoms with van der Waals surface area (Å²) >= 11 is 3.41. The van der Waals surface area contributed by atoms with Gasteiger partial charge >= 0.3 is 120 Å². The number of hydrogen-bond acceptors (Lipinski definition) is 2. The molecule has 0 aromatic heterocycles. The van der Waals surface area contributed by atoms with Crippen LogP contribution in [0.1, 0.15) is 0 Å². The van der Waals surface area contributed by atoms with Crippen LogP contribution < -0.4 is 21.2 Å². The molecule has 74 heavy (non-hydrogen) atoms. The Hall–Kier alpha value is -4.08. The van der Waals surface area contributed by atoms with Crippen LogP contribution in [0.2, 0.25) is 0 Å². The quantitative estimate of drug-likeness (QED) is 0.0517. The van der Waals surface area contributed by atoms with Gasteiger partial charge in [-0.2, -0.15) is 0 Å². The molecule has 400 valence electrons. The molecule has 0 saturated carbocycles. The first-order valence-corrected chi connectivity index (χ1v) is 32.7. The fourth-order valence-electron chi connectivity index (χ4n) is 5.86. The molecule has 0 aliphatic rings. The van der Waals surface area contributed by atoms with Gasteiger partial charge in [-0.3, -0.25) is 0 Å². The van der Waals surface area contributed by atoms with Gasteiger partial charge in [0.1, 0.15) is 0 Å². The van der Waals surface area contributed by atoms with Gasteiger partial charge in [0, 0.05) is 19.6 Å². The van der Waals surface area contributed by atoms with Gasteiger partial charge < -0.3 is 0 Å². The van der Waals surface area contributed by atoms with E-state index in [2.05, 4.69) is 218 Å². The molecule has 8 rings (SSSR count). The molecule has 0 aliphatic carbocycles. The average molecular weight is 1300 g/mol. The summed E-state index contributed by atoms with van der Waals surface area (Å²) < 4.78 is 180. The van der Waals surface area contributed by atoms with E-state index in [-0.39, 0.29) is 43.0 Å². The van der Waals surface area contributed by atoms with Crippen molar-refractivity contribution < 1.29 is 96.7 Å². The normalized spacial score (nSPS) is 14.6. The second-order valence-electron chi connectivity index (χ2n) is 14.9. The van der Waals surface area contributed by atoms with E-state index in [4.69, 9.17) is 0 Å². The Morgan fingerprint density at radius 2 is 0.392 bits per heavy atom. The van der Waals surface area contributed by atoms with Crippen molar-refractivity contribution in [1.29, 1.82) is 0 Å². The van der Waals surface area contributed by atoms with Crippen LogP contribution in [-0.2, 0) is 21.8 Å². The largest absolute Gasteiger partial charge is 0.357 e. The molecular weight excluding hydrogens is 1270 g/mol. The molecule has 0 fully saturated rings. The van der Waals surface area contributed by atoms with E-state index in [1.54, 1.807) is 0 Å². The van der Waals surface area contributed by atoms with E-state index in [1.165, 1.54) is 56.1 Å². The van der Waals surface area contributed by atoms with Crippen molar-refractivity contribution in [3.8, 4) is 0 Å². The minimum Gasteiger partial charge on any atom is -0.0901 e. The summed E-state index contributed by atoms with van der Waals surface area (Å²) in [5.74, 6) is 0. The van der Waals surface area contributed by atoms with Gasteiger partial charge in [-0.1, -0.05) is 96.3 Å². The summed E-state index contributed by atoms with van der Waals surface area (Å²) in [4.78, 5) is 13.1. The van der Waals surface area contributed by atoms with E-state index < -0.39 is 23.4 Å². The Morgan fingerprint density at radius 3 is 0.581 bits per heavy atom. The van der Waals surface area contributed by atoms with Crippen molar-refractivity contribution >= 4 is 68.7 Å². The second-order valence-corrected chi connectivity index (χ2v) is 30.0. The summed E-state index contributed by atoms with van der Waals surface area (Å²) in [6, 6.07) is 80.0. The van der Waals surface area contributed by atoms with Crippen LogP contribution in [0.3, 0.4) is 0 Å². The topological polar surface area (TPSA) is 0 Å². The third-order valence-electron chi connectivity index (χ3n) is 8.35. The summed E-state index contributed by atoms with van der Waals surface area (Å²) in [6.07, 6.45) is 0. The van der Waals surface area contributed by atoms with Crippen LogP contribution >= 0.6 is 46.9 Å². The molecule has 0 aliphatic heterocycles. The maximum absolute atomic E-state index is 10.7. The maximum Gasteiger partial charge on any atom is 0.357 e. The van der Waals surface area contributed by atoms with Gasteiger partial charge in [0.05, 0.1) is 21.8 Å². The van der Waals surface area contributed by atoms with Crippen LogP contribution in [0.4, 0.5) is 75.5 Å². The molecule has 0 amide bonds. The van der Waals surface area contributed by atoms with Gasteiger partial charge in [-0.25, -0.2) is 0 Å². The molecule has 8 aromatic rings. The monoisotopic (exact) mass is 1300 g/mol. The molecule has 0 heterocycles. The van der Waals surface area contributed by atoms with Crippen molar-refractivity contribution in [1.82, 2.24) is 0 Å². The number of hydrogen-bond donors (Lipinski definition) is 0. The van der Waals surface area contributed by atoms with Crippen LogP contribution in [0, 0.1) is 7.14 Å². The minimum atomic E-state index is -10.7. The Labute approximate surface area is 437 Å². The predicted molar refractivity (Wildman–Crippen MR) is 262 cm³/mol. The molecule has 8 aromatic carbocycles. The Bertz CT molecular complexity index is 2710. The van der Waals surface area contributed by atoms with Gasteiger partial charge in [0.25, 0.3) is 0 Å². The summed E-state index contributed by atoms with van der Waals surface area (Å²) in [6.45, 7) is 0. The standard InChI is InChI=1S/C48H36IS4.3F6P/c1-5-13-43(14-6-1)52(44-15-7-2-8-16-44)47-33-29-41(30-34-47)50-39-25-21-37(22-26-39)49-38-23-27-40(28-24-38)51-42-31-35-48(36-32-42)53(45-17-9-3-10-18-45)46-19-11-4-12-20-46;3*1-7(2,3,4,5)6/h1-36H;;;/q+3;3*-1. The summed E-state index contributed by atoms with van der Waals surface area (Å²) in [5, 5.41) is 0. The van der Waals surface area contributed by atoms with Gasteiger partial charge in [0.15, 0.2) is 36.5 Å². The number of benzene rings is 8. The van der Waals surface area contributed by atoms with Crippen molar-refractivity contribution in [3.05, 3.63) is 226 Å². The van der Waals surface area contributed by atoms with Crippen LogP contribution in [0.5, 0.6) is 0 Å². The van der Waals surface area contributed by atoms with Crippen molar-refractivity contribution in [2.24, 2.45) is 0 Å². The molecular formula is C48H36F18IP3S4. The molecule has 0 bridgehead atoms. The number of rotatable bonds is 12. The van der Waals surface area contributed by atoms with Crippen LogP contribution in [0.15, 0.2) is 267 Å². The first kappa shape index (κ1) is 60.8. The fourth-order valence-corrected chi connectivity index (χ4v) is 13.8. The molecule has 0 radical (unpaired) electrons. The SMILES string of the molecule is F[P-](F)(F)(F)(F)F.F[P-](F)(F)(F)(F)F.F[P-](F)(F)(F)(F)F.c1ccc([S+](c2ccccc2)c2ccc(Sc3ccc([I+]c4ccc(Sc5ccc([S+](c6ccccc6)c6ccccc6)cc5)cc4)cc3)cc2)cc1. The van der Waals surface area contributed by atoms with Crippen molar-refractivity contribution in [2.75, 3.05) is 0 Å². The van der Waals surface area contributed by atoms with Crippen LogP contribution in [-0.4, -0.2) is 0 Å². The molecule has 0 spiro atoms. The molecule has 0 saturated heterocycles. The van der Waals surface area contributed by atoms with E-state index in [0.29, 0.717) is 0 Å². The van der Waals surface area contributed by atoms with Gasteiger partial charge in [0.2, 0.25) is 0 Å². The third-order valence-corrected chi connectivity index (χ3v) is 17.5. The summed E-state index contributed by atoms with van der Waals surface area (Å²) in [7, 11) is -32.2. The summed E-state index contributed by atoms with van der Waals surface area (Å²) in [5.41, 5.74) is 0. The molecule has 26 heteroatoms. The molecule has 0 N–H and O–H groups in total. The maximum atomic E-state index is 9.87. The third kappa shape index (κ3) is 28.2. The zero-order chi connectivity index (χ0) is 54.9. The molecule has 0 nitrogen and oxygen atoms in total. The second kappa shape index (κ2) is 21.4. The Balaban J connectivity index is 0.000000406. The predicted octanol–water partition coefficient (Wildman–Crippen LogP) is 20.5. The Kier molecular flexibility index (Phi) is 17.6. The van der Waals surface area contributed by atoms with Gasteiger partial charge in [-0.05, 0) is 146 Å². The zero-order valence-electron chi connectivity index (χ0n) is 36.9. The van der Waals surface area contributed by atoms with E-state index in [9.17, 15) is 75.5 Å². The Morgan fingerprint density at radius 1 is 0.230 bits per heavy atom. The van der Waals surface area contributed by atoms with Gasteiger partial charge in [-0.15, -0.1) is 0 Å². The minimum absolute atomic E-state index is 0.126. The smallest absolute Gasteiger partial charge is 0.0901 e. The zero-order valence-corrected chi connectivity index (χ0v) is 45.0. The van der Waals surface area contributed by atoms with E-state index in [0.717, 1.165) is 0 Å². The van der Waals surface area contributed by atoms with E-state index >= 15 is 0 Å². The molecule has 0 atom stereocenters. The van der Waals surface area contributed by atoms with Crippen molar-refractivity contribution in [2.45, 2.75) is 49.0 Å². The fraction of sp³-hybridized carbons (Fsp3) is 0. The van der Waals surface area contributed by atoms with Crippen LogP contribution in [0.25, 0.3) is 0 Å². The van der Waals surface area contributed by atoms with Crippen molar-refractivity contribution in [3.63, 3.8) is 0 Å². The first-order valence-electron chi connectivity index (χ1n) is 20.4. The molecule has 0 unspecified atom stereocenters. The van der Waals surface area contributed by atoms with E-state index in [1.807, 2.05) is 23.5 Å². The first-order chi connectivity index (χ1) is 33.6.